The monoisotopic (exact) mass is 231 g/mol. The summed E-state index contributed by atoms with van der Waals surface area (Å²) in [5.41, 5.74) is 0. The molecule has 0 bridgehead atoms. The van der Waals surface area contributed by atoms with E-state index in [9.17, 15) is 10.4 Å². The van der Waals surface area contributed by atoms with Gasteiger partial charge < -0.3 is 0 Å². The Morgan fingerprint density at radius 2 is 1.06 bits per heavy atom. The van der Waals surface area contributed by atoms with Crippen LogP contribution in [0.25, 0.3) is 0 Å². The lowest BCUT2D eigenvalue weighted by atomic mass is 10.4. The average Bonchev–Trinajstić information content (AvgIpc) is 2.31. The lowest BCUT2D eigenvalue weighted by Crippen LogP contribution is -2.53. The molecule has 0 saturated carbocycles. The summed E-state index contributed by atoms with van der Waals surface area (Å²) in [5.74, 6) is 0. The maximum absolute atomic E-state index is 9.37. The minimum Gasteiger partial charge on any atom is -0.297 e. The second-order valence-electron chi connectivity index (χ2n) is 3.54. The highest BCUT2D eigenvalue weighted by Gasteiger charge is 2.21. The summed E-state index contributed by atoms with van der Waals surface area (Å²) in [6.45, 7) is 0. The quantitative estimate of drug-likeness (QED) is 0.601. The van der Waals surface area contributed by atoms with Crippen LogP contribution in [0.5, 0.6) is 0 Å². The number of nitrogens with zero attached hydrogens (tertiary/aromatic N) is 1. The van der Waals surface area contributed by atoms with Crippen molar-refractivity contribution in [2.24, 2.45) is 0 Å². The molecule has 0 spiro atoms. The van der Waals surface area contributed by atoms with Gasteiger partial charge in [-0.25, -0.2) is 0 Å². The maximum atomic E-state index is 9.37. The molecule has 2 rings (SSSR count). The normalized spacial score (nSPS) is 11.0. The van der Waals surface area contributed by atoms with Crippen molar-refractivity contribution < 1.29 is 10.4 Å². The molecule has 0 aliphatic rings. The molecule has 0 heterocycles. The van der Waals surface area contributed by atoms with E-state index in [0.717, 1.165) is 10.4 Å². The van der Waals surface area contributed by atoms with Gasteiger partial charge in [0.2, 0.25) is 8.96 Å². The summed E-state index contributed by atoms with van der Waals surface area (Å²) in [6.07, 6.45) is 0. The predicted octanol–water partition coefficient (Wildman–Crippen LogP) is 0.605. The molecule has 2 N–H and O–H groups in total. The van der Waals surface area contributed by atoms with Crippen LogP contribution in [0, 0.1) is 0 Å². The van der Waals surface area contributed by atoms with Crippen molar-refractivity contribution in [3.05, 3.63) is 60.7 Å². The zero-order chi connectivity index (χ0) is 11.4. The van der Waals surface area contributed by atoms with Crippen LogP contribution in [0.3, 0.4) is 0 Å². The first-order valence-electron chi connectivity index (χ1n) is 5.06. The van der Waals surface area contributed by atoms with Gasteiger partial charge in [-0.15, -0.1) is 4.89 Å². The molecule has 0 unspecified atom stereocenters. The molecule has 0 aromatic heterocycles. The fraction of sp³-hybridized carbons (Fsp3) is 0. The molecule has 0 aliphatic heterocycles. The van der Waals surface area contributed by atoms with Gasteiger partial charge >= 0.3 is 0 Å². The van der Waals surface area contributed by atoms with Crippen molar-refractivity contribution in [1.29, 1.82) is 0 Å². The predicted molar refractivity (Wildman–Crippen MR) is 64.7 cm³/mol. The average molecular weight is 231 g/mol. The molecule has 0 fully saturated rings. The number of hydrogen-bond donors (Lipinski definition) is 2. The first-order chi connectivity index (χ1) is 7.79. The van der Waals surface area contributed by atoms with Crippen LogP contribution in [0.4, 0.5) is 0 Å². The topological polar surface area (TPSA) is 43.7 Å². The number of rotatable bonds is 3. The van der Waals surface area contributed by atoms with E-state index >= 15 is 0 Å². The first-order valence-corrected chi connectivity index (χ1v) is 6.73. The number of benzene rings is 2. The van der Waals surface area contributed by atoms with Gasteiger partial charge in [0.1, 0.15) is 0 Å². The molecule has 2 aromatic rings. The molecule has 2 aromatic carbocycles. The van der Waals surface area contributed by atoms with Crippen molar-refractivity contribution in [3.8, 4) is 0 Å². The van der Waals surface area contributed by atoms with Crippen LogP contribution in [0.1, 0.15) is 0 Å². The van der Waals surface area contributed by atoms with Crippen molar-refractivity contribution in [1.82, 2.24) is 4.89 Å². The first kappa shape index (κ1) is 11.0. The van der Waals surface area contributed by atoms with E-state index in [2.05, 4.69) is 0 Å². The van der Waals surface area contributed by atoms with Crippen LogP contribution in [-0.4, -0.2) is 24.3 Å². The minimum absolute atomic E-state index is 0.380. The Morgan fingerprint density at radius 3 is 1.38 bits per heavy atom. The van der Waals surface area contributed by atoms with Crippen LogP contribution >= 0.6 is 0 Å². The molecule has 16 heavy (non-hydrogen) atoms. The summed E-state index contributed by atoms with van der Waals surface area (Å²) < 4.78 is 0. The third-order valence-electron chi connectivity index (χ3n) is 2.46. The molecule has 4 heteroatoms. The van der Waals surface area contributed by atoms with E-state index in [0.29, 0.717) is 4.89 Å². The standard InChI is InChI=1S/C12H13NO2Si/c14-13(15)16(11-7-3-1-4-8-11)12-9-5-2-6-10-12/h1-10,14-16H. The number of hydrogen-bond acceptors (Lipinski definition) is 3. The molecule has 0 atom stereocenters. The molecule has 3 nitrogen and oxygen atoms in total. The largest absolute Gasteiger partial charge is 0.297 e. The Balaban J connectivity index is 2.40. The molecular weight excluding hydrogens is 218 g/mol. The lowest BCUT2D eigenvalue weighted by molar-refractivity contribution is -0.233. The second kappa shape index (κ2) is 5.04. The maximum Gasteiger partial charge on any atom is 0.242 e. The van der Waals surface area contributed by atoms with Gasteiger partial charge in [0.15, 0.2) is 0 Å². The van der Waals surface area contributed by atoms with Gasteiger partial charge in [0.05, 0.1) is 0 Å². The van der Waals surface area contributed by atoms with Gasteiger partial charge in [-0.05, 0) is 10.4 Å². The lowest BCUT2D eigenvalue weighted by Gasteiger charge is -2.19. The van der Waals surface area contributed by atoms with E-state index in [1.165, 1.54) is 0 Å². The van der Waals surface area contributed by atoms with Gasteiger partial charge in [-0.3, -0.25) is 10.4 Å². The van der Waals surface area contributed by atoms with Crippen molar-refractivity contribution in [2.45, 2.75) is 0 Å². The Kier molecular flexibility index (Phi) is 3.48. The summed E-state index contributed by atoms with van der Waals surface area (Å²) in [5, 5.41) is 20.7. The summed E-state index contributed by atoms with van der Waals surface area (Å²) in [7, 11) is -2.08. The molecule has 82 valence electrons. The van der Waals surface area contributed by atoms with E-state index in [-0.39, 0.29) is 0 Å². The summed E-state index contributed by atoms with van der Waals surface area (Å²) >= 11 is 0. The van der Waals surface area contributed by atoms with E-state index in [1.54, 1.807) is 0 Å². The molecule has 0 saturated heterocycles. The summed E-state index contributed by atoms with van der Waals surface area (Å²) in [6, 6.07) is 19.1. The van der Waals surface area contributed by atoms with Crippen molar-refractivity contribution in [3.63, 3.8) is 0 Å². The highest BCUT2D eigenvalue weighted by Crippen LogP contribution is 1.94. The van der Waals surface area contributed by atoms with E-state index < -0.39 is 8.96 Å². The Labute approximate surface area is 95.8 Å². The highest BCUT2D eigenvalue weighted by atomic mass is 28.3. The third kappa shape index (κ3) is 2.37. The van der Waals surface area contributed by atoms with Gasteiger partial charge in [-0.1, -0.05) is 60.7 Å². The zero-order valence-corrected chi connectivity index (χ0v) is 9.85. The molecule has 0 amide bonds. The van der Waals surface area contributed by atoms with E-state index in [1.807, 2.05) is 60.7 Å². The van der Waals surface area contributed by atoms with Crippen molar-refractivity contribution >= 4 is 19.3 Å². The SMILES string of the molecule is ON(O)[SiH](c1ccccc1)c1ccccc1. The second-order valence-corrected chi connectivity index (χ2v) is 6.14. The van der Waals surface area contributed by atoms with Gasteiger partial charge in [-0.2, -0.15) is 0 Å². The third-order valence-corrected chi connectivity index (χ3v) is 4.96. The highest BCUT2D eigenvalue weighted by molar-refractivity contribution is 6.82. The van der Waals surface area contributed by atoms with Crippen LogP contribution in [0.15, 0.2) is 60.7 Å². The Hall–Kier alpha value is -1.46. The van der Waals surface area contributed by atoms with Gasteiger partial charge in [0, 0.05) is 0 Å². The van der Waals surface area contributed by atoms with Crippen LogP contribution < -0.4 is 10.4 Å². The van der Waals surface area contributed by atoms with Crippen LogP contribution in [0.2, 0.25) is 0 Å². The minimum atomic E-state index is -2.08. The van der Waals surface area contributed by atoms with Gasteiger partial charge in [0.25, 0.3) is 0 Å². The summed E-state index contributed by atoms with van der Waals surface area (Å²) in [4.78, 5) is 0.380. The fourth-order valence-corrected chi connectivity index (χ4v) is 3.82. The Morgan fingerprint density at radius 1 is 0.688 bits per heavy atom. The molecular formula is C12H13NO2Si. The molecule has 0 aliphatic carbocycles. The zero-order valence-electron chi connectivity index (χ0n) is 8.69. The van der Waals surface area contributed by atoms with E-state index in [4.69, 9.17) is 0 Å². The van der Waals surface area contributed by atoms with Crippen LogP contribution in [-0.2, 0) is 0 Å². The smallest absolute Gasteiger partial charge is 0.242 e. The molecule has 0 radical (unpaired) electrons. The fourth-order valence-electron chi connectivity index (χ4n) is 1.73. The van der Waals surface area contributed by atoms with Crippen molar-refractivity contribution in [2.75, 3.05) is 0 Å². The Bertz CT molecular complexity index is 394.